The number of nitrogens with zero attached hydrogens (tertiary/aromatic N) is 2. The topological polar surface area (TPSA) is 84.0 Å². The van der Waals surface area contributed by atoms with Crippen LogP contribution in [-0.2, 0) is 10.2 Å². The summed E-state index contributed by atoms with van der Waals surface area (Å²) < 4.78 is 0. The van der Waals surface area contributed by atoms with Crippen LogP contribution in [0.25, 0.3) is 0 Å². The van der Waals surface area contributed by atoms with Crippen LogP contribution in [0.3, 0.4) is 0 Å². The molecule has 1 heterocycles. The molecule has 2 aromatic rings. The van der Waals surface area contributed by atoms with Crippen LogP contribution in [0.4, 0.5) is 5.13 Å². The summed E-state index contributed by atoms with van der Waals surface area (Å²) in [4.78, 5) is 23.7. The second-order valence-electron chi connectivity index (χ2n) is 6.08. The summed E-state index contributed by atoms with van der Waals surface area (Å²) >= 11 is 1.36. The van der Waals surface area contributed by atoms with E-state index in [1.54, 1.807) is 24.3 Å². The lowest BCUT2D eigenvalue weighted by molar-refractivity contribution is -0.116. The van der Waals surface area contributed by atoms with E-state index in [-0.39, 0.29) is 30.2 Å². The van der Waals surface area contributed by atoms with Gasteiger partial charge in [-0.05, 0) is 12.1 Å². The normalized spacial score (nSPS) is 11.1. The van der Waals surface area contributed by atoms with Crippen molar-refractivity contribution in [2.45, 2.75) is 32.6 Å². The summed E-state index contributed by atoms with van der Waals surface area (Å²) in [5.41, 5.74) is 0.483. The van der Waals surface area contributed by atoms with Crippen LogP contribution < -0.4 is 10.6 Å². The summed E-state index contributed by atoms with van der Waals surface area (Å²) in [6.45, 7) is 6.39. The first-order chi connectivity index (χ1) is 10.9. The molecule has 1 aromatic heterocycles. The molecule has 0 aliphatic rings. The SMILES string of the molecule is CC(C)(C)c1nnc(NC(=O)CCNC(=O)c2ccccc2)s1. The second-order valence-corrected chi connectivity index (χ2v) is 7.06. The highest BCUT2D eigenvalue weighted by Crippen LogP contribution is 2.27. The van der Waals surface area contributed by atoms with E-state index in [2.05, 4.69) is 20.8 Å². The Morgan fingerprint density at radius 2 is 1.83 bits per heavy atom. The first-order valence-corrected chi connectivity index (χ1v) is 8.15. The molecular formula is C16H20N4O2S. The Labute approximate surface area is 139 Å². The molecule has 7 heteroatoms. The zero-order chi connectivity index (χ0) is 16.9. The third kappa shape index (κ3) is 5.14. The first kappa shape index (κ1) is 17.1. The van der Waals surface area contributed by atoms with Crippen molar-refractivity contribution < 1.29 is 9.59 Å². The van der Waals surface area contributed by atoms with Gasteiger partial charge < -0.3 is 10.6 Å². The summed E-state index contributed by atoms with van der Waals surface area (Å²) in [5.74, 6) is -0.390. The summed E-state index contributed by atoms with van der Waals surface area (Å²) in [6, 6.07) is 8.89. The van der Waals surface area contributed by atoms with Gasteiger partial charge in [0, 0.05) is 23.9 Å². The molecule has 23 heavy (non-hydrogen) atoms. The molecule has 0 aliphatic heterocycles. The highest BCUT2D eigenvalue weighted by atomic mass is 32.1. The van der Waals surface area contributed by atoms with Gasteiger partial charge in [0.1, 0.15) is 5.01 Å². The molecule has 0 saturated carbocycles. The summed E-state index contributed by atoms with van der Waals surface area (Å²) in [6.07, 6.45) is 0.184. The molecule has 122 valence electrons. The standard InChI is InChI=1S/C16H20N4O2S/c1-16(2,3)14-19-20-15(23-14)18-12(21)9-10-17-13(22)11-7-5-4-6-8-11/h4-8H,9-10H2,1-3H3,(H,17,22)(H,18,20,21). The van der Waals surface area contributed by atoms with E-state index in [1.165, 1.54) is 11.3 Å². The van der Waals surface area contributed by atoms with Crippen LogP contribution in [0, 0.1) is 0 Å². The maximum absolute atomic E-state index is 11.9. The Balaban J connectivity index is 1.77. The van der Waals surface area contributed by atoms with Gasteiger partial charge in [-0.1, -0.05) is 50.3 Å². The third-order valence-electron chi connectivity index (χ3n) is 2.99. The average Bonchev–Trinajstić information content (AvgIpc) is 2.96. The summed E-state index contributed by atoms with van der Waals surface area (Å²) in [7, 11) is 0. The molecule has 2 rings (SSSR count). The smallest absolute Gasteiger partial charge is 0.251 e. The van der Waals surface area contributed by atoms with E-state index in [1.807, 2.05) is 26.8 Å². The molecule has 0 spiro atoms. The number of aromatic nitrogens is 2. The van der Waals surface area contributed by atoms with Crippen LogP contribution in [0.5, 0.6) is 0 Å². The fourth-order valence-corrected chi connectivity index (χ4v) is 2.56. The number of anilines is 1. The Morgan fingerprint density at radius 1 is 1.13 bits per heavy atom. The molecule has 0 atom stereocenters. The van der Waals surface area contributed by atoms with Gasteiger partial charge in [0.15, 0.2) is 0 Å². The number of carbonyl (C=O) groups is 2. The van der Waals surface area contributed by atoms with Crippen molar-refractivity contribution in [2.24, 2.45) is 0 Å². The highest BCUT2D eigenvalue weighted by molar-refractivity contribution is 7.15. The van der Waals surface area contributed by atoms with Crippen molar-refractivity contribution >= 4 is 28.3 Å². The predicted octanol–water partition coefficient (Wildman–Crippen LogP) is 2.59. The molecule has 1 aromatic carbocycles. The lowest BCUT2D eigenvalue weighted by Crippen LogP contribution is -2.27. The van der Waals surface area contributed by atoms with Crippen molar-refractivity contribution in [2.75, 3.05) is 11.9 Å². The molecular weight excluding hydrogens is 312 g/mol. The zero-order valence-corrected chi connectivity index (χ0v) is 14.2. The van der Waals surface area contributed by atoms with E-state index >= 15 is 0 Å². The van der Waals surface area contributed by atoms with Gasteiger partial charge in [-0.3, -0.25) is 9.59 Å². The Hall–Kier alpha value is -2.28. The number of hydrogen-bond donors (Lipinski definition) is 2. The minimum absolute atomic E-state index is 0.0930. The largest absolute Gasteiger partial charge is 0.352 e. The molecule has 2 N–H and O–H groups in total. The molecule has 0 fully saturated rings. The van der Waals surface area contributed by atoms with Gasteiger partial charge in [0.05, 0.1) is 0 Å². The minimum Gasteiger partial charge on any atom is -0.352 e. The number of carbonyl (C=O) groups excluding carboxylic acids is 2. The predicted molar refractivity (Wildman–Crippen MR) is 90.6 cm³/mol. The molecule has 0 radical (unpaired) electrons. The van der Waals surface area contributed by atoms with Crippen molar-refractivity contribution in [3.8, 4) is 0 Å². The van der Waals surface area contributed by atoms with Crippen LogP contribution in [0.2, 0.25) is 0 Å². The quantitative estimate of drug-likeness (QED) is 0.881. The first-order valence-electron chi connectivity index (χ1n) is 7.33. The fraction of sp³-hybridized carbons (Fsp3) is 0.375. The van der Waals surface area contributed by atoms with Crippen LogP contribution >= 0.6 is 11.3 Å². The van der Waals surface area contributed by atoms with Gasteiger partial charge in [-0.2, -0.15) is 0 Å². The number of nitrogens with one attached hydrogen (secondary N) is 2. The van der Waals surface area contributed by atoms with E-state index in [0.717, 1.165) is 5.01 Å². The Bertz CT molecular complexity index is 677. The van der Waals surface area contributed by atoms with Crippen LogP contribution in [0.15, 0.2) is 30.3 Å². The molecule has 6 nitrogen and oxygen atoms in total. The number of hydrogen-bond acceptors (Lipinski definition) is 5. The van der Waals surface area contributed by atoms with Crippen molar-refractivity contribution in [3.05, 3.63) is 40.9 Å². The average molecular weight is 332 g/mol. The number of amides is 2. The van der Waals surface area contributed by atoms with E-state index < -0.39 is 0 Å². The van der Waals surface area contributed by atoms with Gasteiger partial charge in [0.2, 0.25) is 11.0 Å². The molecule has 0 saturated heterocycles. The lowest BCUT2D eigenvalue weighted by atomic mass is 9.98. The number of rotatable bonds is 5. The van der Waals surface area contributed by atoms with Gasteiger partial charge in [-0.25, -0.2) is 0 Å². The summed E-state index contributed by atoms with van der Waals surface area (Å²) in [5, 5.41) is 14.8. The van der Waals surface area contributed by atoms with E-state index in [9.17, 15) is 9.59 Å². The van der Waals surface area contributed by atoms with Gasteiger partial charge in [0.25, 0.3) is 5.91 Å². The van der Waals surface area contributed by atoms with Crippen molar-refractivity contribution in [1.82, 2.24) is 15.5 Å². The van der Waals surface area contributed by atoms with Crippen molar-refractivity contribution in [3.63, 3.8) is 0 Å². The highest BCUT2D eigenvalue weighted by Gasteiger charge is 2.20. The van der Waals surface area contributed by atoms with E-state index in [0.29, 0.717) is 10.7 Å². The van der Waals surface area contributed by atoms with E-state index in [4.69, 9.17) is 0 Å². The molecule has 0 unspecified atom stereocenters. The van der Waals surface area contributed by atoms with Crippen LogP contribution in [-0.4, -0.2) is 28.6 Å². The fourth-order valence-electron chi connectivity index (χ4n) is 1.74. The lowest BCUT2D eigenvalue weighted by Gasteiger charge is -2.12. The Morgan fingerprint density at radius 3 is 2.43 bits per heavy atom. The molecule has 0 aliphatic carbocycles. The molecule has 2 amide bonds. The Kier molecular flexibility index (Phi) is 5.44. The third-order valence-corrected chi connectivity index (χ3v) is 4.25. The minimum atomic E-state index is -0.199. The van der Waals surface area contributed by atoms with Crippen molar-refractivity contribution in [1.29, 1.82) is 0 Å². The number of benzene rings is 1. The maximum Gasteiger partial charge on any atom is 0.251 e. The van der Waals surface area contributed by atoms with Gasteiger partial charge in [-0.15, -0.1) is 10.2 Å². The second kappa shape index (κ2) is 7.32. The zero-order valence-electron chi connectivity index (χ0n) is 13.4. The monoisotopic (exact) mass is 332 g/mol. The maximum atomic E-state index is 11.9. The van der Waals surface area contributed by atoms with Gasteiger partial charge >= 0.3 is 0 Å². The molecule has 0 bridgehead atoms. The van der Waals surface area contributed by atoms with Crippen LogP contribution in [0.1, 0.15) is 42.6 Å².